The summed E-state index contributed by atoms with van der Waals surface area (Å²) < 4.78 is 40.5. The predicted octanol–water partition coefficient (Wildman–Crippen LogP) is 1.66. The molecule has 0 aliphatic rings. The standard InChI is InChI=1S/C12H10FN3O2S2/c13-9-2-1-3-10(11(9)12(14)19)20(17,18)16-8-4-6-15-7-5-8/h1-7H,(H2,14,19)(H,15,16). The molecule has 0 fully saturated rings. The summed E-state index contributed by atoms with van der Waals surface area (Å²) in [4.78, 5) is 3.15. The zero-order valence-corrected chi connectivity index (χ0v) is 11.7. The Balaban J connectivity index is 2.50. The molecule has 0 amide bonds. The van der Waals surface area contributed by atoms with Crippen molar-refractivity contribution in [2.24, 2.45) is 5.73 Å². The fourth-order valence-electron chi connectivity index (χ4n) is 1.60. The first kappa shape index (κ1) is 14.4. The molecule has 1 heterocycles. The number of nitrogens with two attached hydrogens (primary N) is 1. The van der Waals surface area contributed by atoms with Crippen molar-refractivity contribution < 1.29 is 12.8 Å². The molecule has 0 atom stereocenters. The van der Waals surface area contributed by atoms with Crippen molar-refractivity contribution in [3.8, 4) is 0 Å². The zero-order chi connectivity index (χ0) is 14.8. The number of hydrogen-bond acceptors (Lipinski definition) is 4. The third-order valence-electron chi connectivity index (χ3n) is 2.44. The lowest BCUT2D eigenvalue weighted by atomic mass is 10.2. The van der Waals surface area contributed by atoms with Crippen molar-refractivity contribution in [1.82, 2.24) is 4.98 Å². The number of thiocarbonyl (C=S) groups is 1. The van der Waals surface area contributed by atoms with Crippen LogP contribution in [-0.4, -0.2) is 18.4 Å². The Bertz CT molecular complexity index is 749. The lowest BCUT2D eigenvalue weighted by Crippen LogP contribution is -2.21. The molecule has 0 aliphatic carbocycles. The molecule has 20 heavy (non-hydrogen) atoms. The van der Waals surface area contributed by atoms with Crippen LogP contribution in [0.15, 0.2) is 47.6 Å². The number of sulfonamides is 1. The largest absolute Gasteiger partial charge is 0.389 e. The normalized spacial score (nSPS) is 11.1. The van der Waals surface area contributed by atoms with Gasteiger partial charge in [0, 0.05) is 12.4 Å². The first-order valence-electron chi connectivity index (χ1n) is 5.43. The number of halogens is 1. The molecule has 104 valence electrons. The van der Waals surface area contributed by atoms with Gasteiger partial charge in [-0.3, -0.25) is 9.71 Å². The van der Waals surface area contributed by atoms with Gasteiger partial charge >= 0.3 is 0 Å². The Morgan fingerprint density at radius 2 is 1.90 bits per heavy atom. The van der Waals surface area contributed by atoms with E-state index in [1.54, 1.807) is 0 Å². The maximum atomic E-state index is 13.7. The van der Waals surface area contributed by atoms with Crippen molar-refractivity contribution in [3.63, 3.8) is 0 Å². The first-order chi connectivity index (χ1) is 9.42. The first-order valence-corrected chi connectivity index (χ1v) is 7.32. The Morgan fingerprint density at radius 3 is 2.50 bits per heavy atom. The van der Waals surface area contributed by atoms with Gasteiger partial charge in [-0.1, -0.05) is 18.3 Å². The number of aromatic nitrogens is 1. The summed E-state index contributed by atoms with van der Waals surface area (Å²) in [6.07, 6.45) is 2.86. The molecule has 5 nitrogen and oxygen atoms in total. The molecule has 8 heteroatoms. The van der Waals surface area contributed by atoms with Gasteiger partial charge in [0.25, 0.3) is 10.0 Å². The third-order valence-corrected chi connectivity index (χ3v) is 4.07. The van der Waals surface area contributed by atoms with E-state index in [-0.39, 0.29) is 15.4 Å². The van der Waals surface area contributed by atoms with Gasteiger partial charge in [-0.15, -0.1) is 0 Å². The predicted molar refractivity (Wildman–Crippen MR) is 77.3 cm³/mol. The highest BCUT2D eigenvalue weighted by Gasteiger charge is 2.22. The van der Waals surface area contributed by atoms with Crippen LogP contribution in [0.2, 0.25) is 0 Å². The minimum Gasteiger partial charge on any atom is -0.389 e. The maximum Gasteiger partial charge on any atom is 0.262 e. The number of anilines is 1. The highest BCUT2D eigenvalue weighted by atomic mass is 32.2. The van der Waals surface area contributed by atoms with E-state index in [2.05, 4.69) is 9.71 Å². The van der Waals surface area contributed by atoms with Crippen molar-refractivity contribution in [1.29, 1.82) is 0 Å². The molecule has 2 rings (SSSR count). The van der Waals surface area contributed by atoms with Crippen molar-refractivity contribution in [3.05, 3.63) is 54.1 Å². The summed E-state index contributed by atoms with van der Waals surface area (Å²) in [5, 5.41) is 0. The van der Waals surface area contributed by atoms with Crippen LogP contribution in [0.25, 0.3) is 0 Å². The topological polar surface area (TPSA) is 85.1 Å². The van der Waals surface area contributed by atoms with Gasteiger partial charge in [-0.25, -0.2) is 12.8 Å². The second-order valence-electron chi connectivity index (χ2n) is 3.82. The highest BCUT2D eigenvalue weighted by molar-refractivity contribution is 7.93. The minimum atomic E-state index is -4.00. The summed E-state index contributed by atoms with van der Waals surface area (Å²) in [5.74, 6) is -0.782. The van der Waals surface area contributed by atoms with Crippen LogP contribution in [0.3, 0.4) is 0 Å². The van der Waals surface area contributed by atoms with E-state index in [0.29, 0.717) is 5.69 Å². The van der Waals surface area contributed by atoms with Crippen molar-refractivity contribution in [2.75, 3.05) is 4.72 Å². The minimum absolute atomic E-state index is 0.302. The fourth-order valence-corrected chi connectivity index (χ4v) is 3.16. The second kappa shape index (κ2) is 5.51. The van der Waals surface area contributed by atoms with E-state index in [4.69, 9.17) is 18.0 Å². The van der Waals surface area contributed by atoms with E-state index in [9.17, 15) is 12.8 Å². The fraction of sp³-hybridized carbons (Fsp3) is 0. The smallest absolute Gasteiger partial charge is 0.262 e. The Labute approximate surface area is 120 Å². The summed E-state index contributed by atoms with van der Waals surface area (Å²) in [7, 11) is -4.00. The monoisotopic (exact) mass is 311 g/mol. The van der Waals surface area contributed by atoms with Crippen LogP contribution in [0, 0.1) is 5.82 Å². The van der Waals surface area contributed by atoms with Crippen LogP contribution in [0.4, 0.5) is 10.1 Å². The summed E-state index contributed by atoms with van der Waals surface area (Å²) >= 11 is 4.71. The van der Waals surface area contributed by atoms with Crippen LogP contribution in [-0.2, 0) is 10.0 Å². The van der Waals surface area contributed by atoms with Gasteiger partial charge in [0.2, 0.25) is 0 Å². The lowest BCUT2D eigenvalue weighted by molar-refractivity contribution is 0.594. The second-order valence-corrected chi connectivity index (χ2v) is 5.91. The number of rotatable bonds is 4. The van der Waals surface area contributed by atoms with Gasteiger partial charge in [-0.05, 0) is 24.3 Å². The van der Waals surface area contributed by atoms with E-state index >= 15 is 0 Å². The lowest BCUT2D eigenvalue weighted by Gasteiger charge is -2.12. The average molecular weight is 311 g/mol. The molecule has 0 unspecified atom stereocenters. The molecular formula is C12H10FN3O2S2. The van der Waals surface area contributed by atoms with Gasteiger partial charge in [0.05, 0.1) is 11.3 Å². The summed E-state index contributed by atoms with van der Waals surface area (Å²) in [6, 6.07) is 6.55. The molecule has 0 radical (unpaired) electrons. The molecule has 0 aliphatic heterocycles. The van der Waals surface area contributed by atoms with Crippen LogP contribution in [0.1, 0.15) is 5.56 Å². The summed E-state index contributed by atoms with van der Waals surface area (Å²) in [6.45, 7) is 0. The number of hydrogen-bond donors (Lipinski definition) is 2. The molecule has 0 spiro atoms. The van der Waals surface area contributed by atoms with Gasteiger partial charge < -0.3 is 5.73 Å². The summed E-state index contributed by atoms with van der Waals surface area (Å²) in [5.41, 5.74) is 5.40. The van der Waals surface area contributed by atoms with Gasteiger partial charge in [0.1, 0.15) is 15.7 Å². The van der Waals surface area contributed by atoms with E-state index < -0.39 is 15.8 Å². The van der Waals surface area contributed by atoms with Crippen molar-refractivity contribution >= 4 is 32.9 Å². The molecule has 2 aromatic rings. The number of pyridine rings is 1. The molecule has 0 saturated carbocycles. The van der Waals surface area contributed by atoms with E-state index in [0.717, 1.165) is 6.07 Å². The number of nitrogens with one attached hydrogen (secondary N) is 1. The van der Waals surface area contributed by atoms with Crippen LogP contribution >= 0.6 is 12.2 Å². The maximum absolute atomic E-state index is 13.7. The molecule has 0 saturated heterocycles. The van der Waals surface area contributed by atoms with Gasteiger partial charge in [0.15, 0.2) is 0 Å². The molecule has 3 N–H and O–H groups in total. The molecular weight excluding hydrogens is 301 g/mol. The number of nitrogens with zero attached hydrogens (tertiary/aromatic N) is 1. The molecule has 0 bridgehead atoms. The zero-order valence-electron chi connectivity index (χ0n) is 10.1. The quantitative estimate of drug-likeness (QED) is 0.839. The van der Waals surface area contributed by atoms with E-state index in [1.807, 2.05) is 0 Å². The van der Waals surface area contributed by atoms with Crippen LogP contribution < -0.4 is 10.5 Å². The van der Waals surface area contributed by atoms with Crippen LogP contribution in [0.5, 0.6) is 0 Å². The number of benzene rings is 1. The average Bonchev–Trinajstić information content (AvgIpc) is 2.38. The van der Waals surface area contributed by atoms with Gasteiger partial charge in [-0.2, -0.15) is 0 Å². The van der Waals surface area contributed by atoms with Crippen molar-refractivity contribution in [2.45, 2.75) is 4.90 Å². The Morgan fingerprint density at radius 1 is 1.25 bits per heavy atom. The molecule has 1 aromatic carbocycles. The SMILES string of the molecule is NC(=S)c1c(F)cccc1S(=O)(=O)Nc1ccncc1. The Kier molecular flexibility index (Phi) is 3.96. The third kappa shape index (κ3) is 2.91. The highest BCUT2D eigenvalue weighted by Crippen LogP contribution is 2.21. The molecule has 1 aromatic heterocycles. The van der Waals surface area contributed by atoms with E-state index in [1.165, 1.54) is 36.7 Å². The Hall–Kier alpha value is -2.06.